The number of anilines is 1. The summed E-state index contributed by atoms with van der Waals surface area (Å²) >= 11 is 3.41. The zero-order valence-corrected chi connectivity index (χ0v) is 13.5. The van der Waals surface area contributed by atoms with E-state index in [2.05, 4.69) is 26.2 Å². The van der Waals surface area contributed by atoms with Crippen LogP contribution in [0.3, 0.4) is 0 Å². The van der Waals surface area contributed by atoms with Gasteiger partial charge in [0.2, 0.25) is 0 Å². The topological polar surface area (TPSA) is 55.1 Å². The molecule has 1 N–H and O–H groups in total. The first-order valence-electron chi connectivity index (χ1n) is 7.05. The molecule has 0 spiro atoms. The van der Waals surface area contributed by atoms with Gasteiger partial charge >= 0.3 is 0 Å². The van der Waals surface area contributed by atoms with Gasteiger partial charge in [-0.15, -0.1) is 0 Å². The van der Waals surface area contributed by atoms with Crippen LogP contribution in [0.5, 0.6) is 0 Å². The summed E-state index contributed by atoms with van der Waals surface area (Å²) in [6.45, 7) is 0. The van der Waals surface area contributed by atoms with Crippen molar-refractivity contribution in [2.45, 2.75) is 0 Å². The smallest absolute Gasteiger partial charge is 0.291 e. The third-order valence-electron chi connectivity index (χ3n) is 3.60. The monoisotopic (exact) mass is 366 g/mol. The van der Waals surface area contributed by atoms with Crippen molar-refractivity contribution in [2.75, 3.05) is 5.32 Å². The van der Waals surface area contributed by atoms with Gasteiger partial charge in [0.05, 0.1) is 11.2 Å². The molecule has 0 bridgehead atoms. The number of carbonyl (C=O) groups excluding carboxylic acids is 1. The molecule has 4 nitrogen and oxygen atoms in total. The number of hydrogen-bond acceptors (Lipinski definition) is 3. The van der Waals surface area contributed by atoms with Crippen molar-refractivity contribution in [1.82, 2.24) is 4.98 Å². The fraction of sp³-hybridized carbons (Fsp3) is 0. The predicted octanol–water partition coefficient (Wildman–Crippen LogP) is 5.00. The average molecular weight is 367 g/mol. The van der Waals surface area contributed by atoms with Gasteiger partial charge in [-0.25, -0.2) is 0 Å². The molecule has 1 amide bonds. The molecule has 2 heterocycles. The Morgan fingerprint density at radius 2 is 2.00 bits per heavy atom. The largest absolute Gasteiger partial charge is 0.451 e. The minimum Gasteiger partial charge on any atom is -0.451 e. The van der Waals surface area contributed by atoms with Gasteiger partial charge in [-0.1, -0.05) is 22.0 Å². The molecule has 5 heteroatoms. The number of amides is 1. The first-order chi connectivity index (χ1) is 11.2. The summed E-state index contributed by atoms with van der Waals surface area (Å²) < 4.78 is 6.56. The van der Waals surface area contributed by atoms with Crippen LogP contribution >= 0.6 is 15.9 Å². The molecule has 0 aliphatic heterocycles. The van der Waals surface area contributed by atoms with Gasteiger partial charge in [-0.2, -0.15) is 0 Å². The maximum Gasteiger partial charge on any atom is 0.291 e. The van der Waals surface area contributed by atoms with Crippen molar-refractivity contribution in [3.05, 3.63) is 71.0 Å². The zero-order valence-electron chi connectivity index (χ0n) is 11.9. The number of rotatable bonds is 2. The molecule has 0 aliphatic carbocycles. The Kier molecular flexibility index (Phi) is 3.35. The number of nitrogens with zero attached hydrogens (tertiary/aromatic N) is 1. The molecule has 112 valence electrons. The molecule has 0 saturated heterocycles. The van der Waals surface area contributed by atoms with E-state index in [1.54, 1.807) is 12.3 Å². The van der Waals surface area contributed by atoms with Crippen LogP contribution in [0.25, 0.3) is 21.9 Å². The molecule has 0 unspecified atom stereocenters. The zero-order chi connectivity index (χ0) is 15.8. The fourth-order valence-electron chi connectivity index (χ4n) is 2.52. The molecule has 2 aromatic heterocycles. The molecule has 2 aromatic carbocycles. The van der Waals surface area contributed by atoms with Crippen LogP contribution in [0.15, 0.2) is 69.7 Å². The molecule has 0 fully saturated rings. The molecule has 0 radical (unpaired) electrons. The Morgan fingerprint density at radius 1 is 1.09 bits per heavy atom. The van der Waals surface area contributed by atoms with Gasteiger partial charge in [-0.05, 0) is 48.5 Å². The van der Waals surface area contributed by atoms with Gasteiger partial charge in [0.15, 0.2) is 5.76 Å². The van der Waals surface area contributed by atoms with E-state index in [1.807, 2.05) is 48.5 Å². The summed E-state index contributed by atoms with van der Waals surface area (Å²) in [7, 11) is 0. The Balaban J connectivity index is 1.70. The standard InChI is InChI=1S/C18H11BrN2O2/c19-12-6-7-16-11(9-12)10-17(23-16)18(22)21-15-5-1-4-14-13(15)3-2-8-20-14/h1-10H,(H,21,22). The highest BCUT2D eigenvalue weighted by Gasteiger charge is 2.14. The number of hydrogen-bond donors (Lipinski definition) is 1. The van der Waals surface area contributed by atoms with Crippen LogP contribution in [-0.4, -0.2) is 10.9 Å². The molecule has 0 aliphatic rings. The molecule has 4 aromatic rings. The number of aromatic nitrogens is 1. The second-order valence-corrected chi connectivity index (χ2v) is 6.04. The predicted molar refractivity (Wildman–Crippen MR) is 93.6 cm³/mol. The molecular formula is C18H11BrN2O2. The molecular weight excluding hydrogens is 356 g/mol. The van der Waals surface area contributed by atoms with Crippen LogP contribution in [0, 0.1) is 0 Å². The lowest BCUT2D eigenvalue weighted by Crippen LogP contribution is -2.11. The molecule has 23 heavy (non-hydrogen) atoms. The van der Waals surface area contributed by atoms with E-state index in [0.717, 1.165) is 20.8 Å². The fourth-order valence-corrected chi connectivity index (χ4v) is 2.90. The van der Waals surface area contributed by atoms with E-state index in [4.69, 9.17) is 4.42 Å². The summed E-state index contributed by atoms with van der Waals surface area (Å²) in [5, 5.41) is 4.66. The summed E-state index contributed by atoms with van der Waals surface area (Å²) in [6, 6.07) is 16.7. The Morgan fingerprint density at radius 3 is 2.91 bits per heavy atom. The van der Waals surface area contributed by atoms with Crippen molar-refractivity contribution < 1.29 is 9.21 Å². The molecule has 0 atom stereocenters. The first-order valence-corrected chi connectivity index (χ1v) is 7.84. The van der Waals surface area contributed by atoms with Gasteiger partial charge in [0.1, 0.15) is 5.58 Å². The van der Waals surface area contributed by atoms with Crippen LogP contribution in [0.1, 0.15) is 10.6 Å². The van der Waals surface area contributed by atoms with Crippen molar-refractivity contribution in [1.29, 1.82) is 0 Å². The van der Waals surface area contributed by atoms with E-state index in [0.29, 0.717) is 11.3 Å². The highest BCUT2D eigenvalue weighted by Crippen LogP contribution is 2.25. The highest BCUT2D eigenvalue weighted by molar-refractivity contribution is 9.10. The van der Waals surface area contributed by atoms with Crippen molar-refractivity contribution in [3.8, 4) is 0 Å². The number of nitrogens with one attached hydrogen (secondary N) is 1. The number of pyridine rings is 1. The summed E-state index contributed by atoms with van der Waals surface area (Å²) in [4.78, 5) is 16.8. The Labute approximate surface area is 140 Å². The van der Waals surface area contributed by atoms with E-state index in [-0.39, 0.29) is 11.7 Å². The van der Waals surface area contributed by atoms with Gasteiger partial charge in [0.25, 0.3) is 5.91 Å². The summed E-state index contributed by atoms with van der Waals surface area (Å²) in [5.41, 5.74) is 2.22. The Bertz CT molecular complexity index is 1030. The number of benzene rings is 2. The van der Waals surface area contributed by atoms with Crippen molar-refractivity contribution in [3.63, 3.8) is 0 Å². The minimum atomic E-state index is -0.284. The maximum atomic E-state index is 12.5. The van der Waals surface area contributed by atoms with E-state index in [9.17, 15) is 4.79 Å². The average Bonchev–Trinajstić information content (AvgIpc) is 2.98. The van der Waals surface area contributed by atoms with Crippen LogP contribution in [0.2, 0.25) is 0 Å². The van der Waals surface area contributed by atoms with E-state index >= 15 is 0 Å². The van der Waals surface area contributed by atoms with Gasteiger partial charge < -0.3 is 9.73 Å². The van der Waals surface area contributed by atoms with Gasteiger partial charge in [0, 0.05) is 21.4 Å². The quantitative estimate of drug-likeness (QED) is 0.543. The van der Waals surface area contributed by atoms with E-state index < -0.39 is 0 Å². The molecule has 4 rings (SSSR count). The highest BCUT2D eigenvalue weighted by atomic mass is 79.9. The van der Waals surface area contributed by atoms with E-state index in [1.165, 1.54) is 0 Å². The minimum absolute atomic E-state index is 0.277. The van der Waals surface area contributed by atoms with Crippen LogP contribution in [0.4, 0.5) is 5.69 Å². The number of carbonyl (C=O) groups is 1. The molecule has 0 saturated carbocycles. The third-order valence-corrected chi connectivity index (χ3v) is 4.09. The lowest BCUT2D eigenvalue weighted by atomic mass is 10.2. The number of furan rings is 1. The van der Waals surface area contributed by atoms with Crippen molar-refractivity contribution in [2.24, 2.45) is 0 Å². The lowest BCUT2D eigenvalue weighted by Gasteiger charge is -2.06. The maximum absolute atomic E-state index is 12.5. The van der Waals surface area contributed by atoms with Crippen LogP contribution in [-0.2, 0) is 0 Å². The third kappa shape index (κ3) is 2.59. The summed E-state index contributed by atoms with van der Waals surface area (Å²) in [5.74, 6) is -0.00679. The Hall–Kier alpha value is -2.66. The van der Waals surface area contributed by atoms with Gasteiger partial charge in [-0.3, -0.25) is 9.78 Å². The number of halogens is 1. The number of fused-ring (bicyclic) bond motifs is 2. The van der Waals surface area contributed by atoms with Crippen LogP contribution < -0.4 is 5.32 Å². The second-order valence-electron chi connectivity index (χ2n) is 5.12. The SMILES string of the molecule is O=C(Nc1cccc2ncccc12)c1cc2cc(Br)ccc2o1. The van der Waals surface area contributed by atoms with Crippen molar-refractivity contribution >= 4 is 49.4 Å². The lowest BCUT2D eigenvalue weighted by molar-refractivity contribution is 0.0999. The second kappa shape index (κ2) is 5.52. The summed E-state index contributed by atoms with van der Waals surface area (Å²) in [6.07, 6.45) is 1.73. The first kappa shape index (κ1) is 14.0. The normalized spacial score (nSPS) is 11.0.